The largest absolute Gasteiger partial charge is 0.481 e. The van der Waals surface area contributed by atoms with E-state index in [-0.39, 0.29) is 6.61 Å². The van der Waals surface area contributed by atoms with Crippen molar-refractivity contribution < 1.29 is 41.0 Å². The van der Waals surface area contributed by atoms with Crippen molar-refractivity contribution in [3.63, 3.8) is 0 Å². The molecule has 0 aromatic carbocycles. The first-order chi connectivity index (χ1) is 9.99. The van der Waals surface area contributed by atoms with Crippen LogP contribution in [0.5, 0.6) is 0 Å². The predicted octanol–water partition coefficient (Wildman–Crippen LogP) is 0.464. The minimum Gasteiger partial charge on any atom is -0.481 e. The van der Waals surface area contributed by atoms with Crippen molar-refractivity contribution in [2.75, 3.05) is 25.4 Å². The van der Waals surface area contributed by atoms with Crippen molar-refractivity contribution in [1.29, 1.82) is 0 Å². The SMILES string of the molecule is CCOC(=O)CCS(=O)(=O)N1C[C@@H](C(F)(F)F)[C@H](C(=O)O)C1. The monoisotopic (exact) mass is 347 g/mol. The van der Waals surface area contributed by atoms with Crippen LogP contribution in [0.4, 0.5) is 13.2 Å². The molecule has 0 radical (unpaired) electrons. The molecule has 0 saturated carbocycles. The molecule has 1 aliphatic heterocycles. The van der Waals surface area contributed by atoms with E-state index in [0.717, 1.165) is 0 Å². The zero-order valence-corrected chi connectivity index (χ0v) is 12.5. The van der Waals surface area contributed by atoms with Crippen molar-refractivity contribution in [1.82, 2.24) is 4.31 Å². The van der Waals surface area contributed by atoms with Crippen molar-refractivity contribution in [2.45, 2.75) is 19.5 Å². The smallest absolute Gasteiger partial charge is 0.393 e. The summed E-state index contributed by atoms with van der Waals surface area (Å²) in [6.07, 6.45) is -5.31. The van der Waals surface area contributed by atoms with Gasteiger partial charge in [0.15, 0.2) is 0 Å². The Morgan fingerprint density at radius 1 is 1.32 bits per heavy atom. The van der Waals surface area contributed by atoms with Crippen molar-refractivity contribution in [2.24, 2.45) is 11.8 Å². The molecule has 2 atom stereocenters. The van der Waals surface area contributed by atoms with Gasteiger partial charge in [0.1, 0.15) is 0 Å². The first-order valence-corrected chi connectivity index (χ1v) is 8.03. The summed E-state index contributed by atoms with van der Waals surface area (Å²) in [5.41, 5.74) is 0. The summed E-state index contributed by atoms with van der Waals surface area (Å²) < 4.78 is 67.3. The van der Waals surface area contributed by atoms with Gasteiger partial charge in [-0.25, -0.2) is 12.7 Å². The highest BCUT2D eigenvalue weighted by Crippen LogP contribution is 2.38. The normalized spacial score (nSPS) is 23.5. The molecular formula is C11H16F3NO6S. The number of carboxylic acid groups (broad SMARTS) is 1. The first kappa shape index (κ1) is 18.7. The minimum absolute atomic E-state index is 0.0554. The quantitative estimate of drug-likeness (QED) is 0.701. The Kier molecular flexibility index (Phi) is 5.79. The number of carbonyl (C=O) groups is 2. The van der Waals surface area contributed by atoms with Gasteiger partial charge in [-0.15, -0.1) is 0 Å². The Labute approximate surface area is 125 Å². The summed E-state index contributed by atoms with van der Waals surface area (Å²) in [6.45, 7) is -0.131. The van der Waals surface area contributed by atoms with E-state index in [1.54, 1.807) is 0 Å². The summed E-state index contributed by atoms with van der Waals surface area (Å²) in [5, 5.41) is 8.82. The lowest BCUT2D eigenvalue weighted by atomic mass is 9.96. The molecule has 1 heterocycles. The molecule has 11 heteroatoms. The molecular weight excluding hydrogens is 331 g/mol. The Hall–Kier alpha value is -1.36. The molecule has 1 saturated heterocycles. The molecule has 1 aliphatic rings. The second kappa shape index (κ2) is 6.82. The molecule has 1 rings (SSSR count). The highest BCUT2D eigenvalue weighted by atomic mass is 32.2. The van der Waals surface area contributed by atoms with E-state index in [9.17, 15) is 31.2 Å². The third kappa shape index (κ3) is 4.57. The fourth-order valence-corrected chi connectivity index (χ4v) is 3.61. The maximum absolute atomic E-state index is 12.8. The van der Waals surface area contributed by atoms with Gasteiger partial charge in [-0.3, -0.25) is 9.59 Å². The number of sulfonamides is 1. The van der Waals surface area contributed by atoms with Gasteiger partial charge in [0.25, 0.3) is 0 Å². The number of carboxylic acids is 1. The van der Waals surface area contributed by atoms with Crippen LogP contribution in [-0.4, -0.2) is 61.4 Å². The molecule has 0 unspecified atom stereocenters. The number of rotatable bonds is 6. The van der Waals surface area contributed by atoms with Crippen molar-refractivity contribution in [3.05, 3.63) is 0 Å². The van der Waals surface area contributed by atoms with Gasteiger partial charge in [-0.05, 0) is 6.92 Å². The van der Waals surface area contributed by atoms with Crippen molar-refractivity contribution >= 4 is 22.0 Å². The second-order valence-electron chi connectivity index (χ2n) is 4.78. The molecule has 1 N–H and O–H groups in total. The maximum Gasteiger partial charge on any atom is 0.393 e. The Morgan fingerprint density at radius 2 is 1.91 bits per heavy atom. The average Bonchev–Trinajstić information content (AvgIpc) is 2.82. The number of halogens is 3. The number of ether oxygens (including phenoxy) is 1. The van der Waals surface area contributed by atoms with Gasteiger partial charge >= 0.3 is 18.1 Å². The molecule has 22 heavy (non-hydrogen) atoms. The van der Waals surface area contributed by atoms with Crippen LogP contribution in [0.25, 0.3) is 0 Å². The summed E-state index contributed by atoms with van der Waals surface area (Å²) in [5.74, 6) is -7.32. The van der Waals surface area contributed by atoms with Crippen LogP contribution in [0, 0.1) is 11.8 Å². The third-order valence-corrected chi connectivity index (χ3v) is 5.09. The Balaban J connectivity index is 2.80. The number of carbonyl (C=O) groups excluding carboxylic acids is 1. The molecule has 0 spiro atoms. The minimum atomic E-state index is -4.81. The highest BCUT2D eigenvalue weighted by Gasteiger charge is 2.54. The predicted molar refractivity (Wildman–Crippen MR) is 67.3 cm³/mol. The fraction of sp³-hybridized carbons (Fsp3) is 0.818. The van der Waals surface area contributed by atoms with Gasteiger partial charge in [0.2, 0.25) is 10.0 Å². The van der Waals surface area contributed by atoms with Gasteiger partial charge in [0.05, 0.1) is 30.6 Å². The second-order valence-corrected chi connectivity index (χ2v) is 6.87. The molecule has 0 aliphatic carbocycles. The number of aliphatic carboxylic acids is 1. The van der Waals surface area contributed by atoms with Gasteiger partial charge in [0, 0.05) is 13.1 Å². The fourth-order valence-electron chi connectivity index (χ4n) is 2.15. The Morgan fingerprint density at radius 3 is 2.32 bits per heavy atom. The van der Waals surface area contributed by atoms with Crippen LogP contribution >= 0.6 is 0 Å². The van der Waals surface area contributed by atoms with Gasteiger partial charge in [-0.2, -0.15) is 13.2 Å². The number of esters is 1. The lowest BCUT2D eigenvalue weighted by molar-refractivity contribution is -0.187. The standard InChI is InChI=1S/C11H16F3NO6S/c1-2-21-9(16)3-4-22(19,20)15-5-7(10(17)18)8(6-15)11(12,13)14/h7-8H,2-6H2,1H3,(H,17,18)/t7-,8-/m1/s1. The van der Waals surface area contributed by atoms with E-state index < -0.39 is 65.2 Å². The van der Waals surface area contributed by atoms with E-state index in [1.807, 2.05) is 0 Å². The number of nitrogens with zero attached hydrogens (tertiary/aromatic N) is 1. The molecule has 0 amide bonds. The maximum atomic E-state index is 12.8. The van der Waals surface area contributed by atoms with Crippen LogP contribution < -0.4 is 0 Å². The topological polar surface area (TPSA) is 101 Å². The van der Waals surface area contributed by atoms with E-state index in [1.165, 1.54) is 6.92 Å². The van der Waals surface area contributed by atoms with Crippen LogP contribution in [0.1, 0.15) is 13.3 Å². The highest BCUT2D eigenvalue weighted by molar-refractivity contribution is 7.89. The summed E-state index contributed by atoms with van der Waals surface area (Å²) in [4.78, 5) is 22.0. The molecule has 1 fully saturated rings. The number of alkyl halides is 3. The molecule has 0 aromatic heterocycles. The number of hydrogen-bond acceptors (Lipinski definition) is 5. The van der Waals surface area contributed by atoms with E-state index >= 15 is 0 Å². The van der Waals surface area contributed by atoms with Crippen LogP contribution in [0.15, 0.2) is 0 Å². The third-order valence-electron chi connectivity index (χ3n) is 3.29. The summed E-state index contributed by atoms with van der Waals surface area (Å²) in [6, 6.07) is 0. The molecule has 0 bridgehead atoms. The van der Waals surface area contributed by atoms with Gasteiger partial charge in [-0.1, -0.05) is 0 Å². The lowest BCUT2D eigenvalue weighted by Gasteiger charge is -2.18. The van der Waals surface area contributed by atoms with E-state index in [2.05, 4.69) is 4.74 Å². The summed E-state index contributed by atoms with van der Waals surface area (Å²) in [7, 11) is -4.16. The van der Waals surface area contributed by atoms with Crippen molar-refractivity contribution in [3.8, 4) is 0 Å². The number of hydrogen-bond donors (Lipinski definition) is 1. The Bertz CT molecular complexity index is 532. The lowest BCUT2D eigenvalue weighted by Crippen LogP contribution is -2.34. The zero-order valence-electron chi connectivity index (χ0n) is 11.7. The average molecular weight is 347 g/mol. The van der Waals surface area contributed by atoms with Crippen LogP contribution in [0.3, 0.4) is 0 Å². The molecule has 7 nitrogen and oxygen atoms in total. The van der Waals surface area contributed by atoms with Crippen LogP contribution in [0.2, 0.25) is 0 Å². The van der Waals surface area contributed by atoms with Crippen LogP contribution in [-0.2, 0) is 24.3 Å². The molecule has 128 valence electrons. The first-order valence-electron chi connectivity index (χ1n) is 6.42. The summed E-state index contributed by atoms with van der Waals surface area (Å²) >= 11 is 0. The van der Waals surface area contributed by atoms with E-state index in [4.69, 9.17) is 5.11 Å². The zero-order chi connectivity index (χ0) is 17.1. The molecule has 0 aromatic rings. The van der Waals surface area contributed by atoms with Gasteiger partial charge < -0.3 is 9.84 Å². The van der Waals surface area contributed by atoms with E-state index in [0.29, 0.717) is 4.31 Å².